The van der Waals surface area contributed by atoms with Crippen LogP contribution in [0.5, 0.6) is 0 Å². The van der Waals surface area contributed by atoms with Gasteiger partial charge in [-0.1, -0.05) is 49.1 Å². The molecule has 0 unspecified atom stereocenters. The van der Waals surface area contributed by atoms with Crippen LogP contribution < -0.4 is 10.6 Å². The fourth-order valence-corrected chi connectivity index (χ4v) is 2.52. The smallest absolute Gasteiger partial charge is 0.317 e. The Kier molecular flexibility index (Phi) is 6.31. The maximum atomic E-state index is 12.3. The number of carbonyl (C=O) groups excluding carboxylic acids is 1. The molecule has 1 aliphatic rings. The van der Waals surface area contributed by atoms with Crippen molar-refractivity contribution in [1.82, 2.24) is 10.6 Å². The molecule has 122 valence electrons. The van der Waals surface area contributed by atoms with E-state index in [0.717, 1.165) is 5.56 Å². The third-order valence-corrected chi connectivity index (χ3v) is 3.61. The number of hydrogen-bond donors (Lipinski definition) is 2. The monoisotopic (exact) mass is 332 g/mol. The molecule has 5 nitrogen and oxygen atoms in total. The lowest BCUT2D eigenvalue weighted by molar-refractivity contribution is -0.149. The van der Waals surface area contributed by atoms with Gasteiger partial charge in [-0.2, -0.15) is 0 Å². The predicted octanol–water partition coefficient (Wildman–Crippen LogP) is 1.87. The van der Waals surface area contributed by atoms with Crippen molar-refractivity contribution < 1.29 is 14.3 Å². The van der Waals surface area contributed by atoms with Crippen molar-refractivity contribution in [2.24, 2.45) is 5.92 Å². The molecule has 6 heteroatoms. The highest BCUT2D eigenvalue weighted by atomic mass is 32.1. The van der Waals surface area contributed by atoms with Crippen LogP contribution in [0.15, 0.2) is 48.7 Å². The summed E-state index contributed by atoms with van der Waals surface area (Å²) in [5.74, 6) is -0.921. The summed E-state index contributed by atoms with van der Waals surface area (Å²) >= 11 is 5.15. The molecule has 1 aromatic rings. The molecule has 2 atom stereocenters. The largest absolute Gasteiger partial charge is 0.463 e. The quantitative estimate of drug-likeness (QED) is 0.471. The molecule has 0 amide bonds. The molecule has 0 radical (unpaired) electrons. The zero-order chi connectivity index (χ0) is 16.7. The van der Waals surface area contributed by atoms with Crippen molar-refractivity contribution in [2.75, 3.05) is 20.3 Å². The summed E-state index contributed by atoms with van der Waals surface area (Å²) in [6, 6.07) is 9.51. The zero-order valence-corrected chi connectivity index (χ0v) is 13.8. The fourth-order valence-electron chi connectivity index (χ4n) is 2.25. The van der Waals surface area contributed by atoms with Gasteiger partial charge in [0, 0.05) is 12.8 Å². The van der Waals surface area contributed by atoms with E-state index in [1.807, 2.05) is 42.5 Å². The van der Waals surface area contributed by atoms with E-state index in [0.29, 0.717) is 17.4 Å². The van der Waals surface area contributed by atoms with Crippen LogP contribution in [0.2, 0.25) is 0 Å². The van der Waals surface area contributed by atoms with Crippen LogP contribution in [-0.2, 0) is 14.3 Å². The SMILES string of the molecule is C=C1NC(=S)N[C@H](/C=C/c2ccccc2)[C@H]1C(=O)OCCOC. The maximum Gasteiger partial charge on any atom is 0.317 e. The van der Waals surface area contributed by atoms with E-state index in [-0.39, 0.29) is 18.6 Å². The van der Waals surface area contributed by atoms with Gasteiger partial charge in [-0.3, -0.25) is 4.79 Å². The van der Waals surface area contributed by atoms with Gasteiger partial charge < -0.3 is 20.1 Å². The molecule has 1 fully saturated rings. The summed E-state index contributed by atoms with van der Waals surface area (Å²) < 4.78 is 10.1. The molecule has 2 N–H and O–H groups in total. The Balaban J connectivity index is 2.11. The average molecular weight is 332 g/mol. The first-order valence-corrected chi connectivity index (χ1v) is 7.68. The number of rotatable bonds is 6. The second-order valence-corrected chi connectivity index (χ2v) is 5.47. The van der Waals surface area contributed by atoms with Crippen LogP contribution in [0, 0.1) is 5.92 Å². The van der Waals surface area contributed by atoms with E-state index < -0.39 is 5.92 Å². The van der Waals surface area contributed by atoms with Crippen LogP contribution in [-0.4, -0.2) is 37.4 Å². The summed E-state index contributed by atoms with van der Waals surface area (Å²) in [5, 5.41) is 6.41. The molecule has 1 aromatic carbocycles. The molecule has 2 rings (SSSR count). The van der Waals surface area contributed by atoms with E-state index in [1.165, 1.54) is 0 Å². The topological polar surface area (TPSA) is 59.6 Å². The molecular formula is C17H20N2O3S. The Morgan fingerprint density at radius 1 is 1.35 bits per heavy atom. The first kappa shape index (κ1) is 17.2. The normalized spacial score (nSPS) is 20.9. The van der Waals surface area contributed by atoms with E-state index in [2.05, 4.69) is 17.2 Å². The predicted molar refractivity (Wildman–Crippen MR) is 93.6 cm³/mol. The second kappa shape index (κ2) is 8.45. The molecule has 0 aliphatic carbocycles. The standard InChI is InChI=1S/C17H20N2O3S/c1-12-15(16(20)22-11-10-21-2)14(19-17(23)18-12)9-8-13-6-4-3-5-7-13/h3-9,14-15H,1,10-11H2,2H3,(H2,18,19,23)/b9-8+/t14-,15+/m1/s1. The van der Waals surface area contributed by atoms with E-state index in [9.17, 15) is 4.79 Å². The Morgan fingerprint density at radius 3 is 2.78 bits per heavy atom. The van der Waals surface area contributed by atoms with E-state index in [4.69, 9.17) is 21.7 Å². The number of ether oxygens (including phenoxy) is 2. The molecular weight excluding hydrogens is 312 g/mol. The van der Waals surface area contributed by atoms with Gasteiger partial charge in [0.1, 0.15) is 12.5 Å². The number of thiocarbonyl (C=S) groups is 1. The number of nitrogens with one attached hydrogen (secondary N) is 2. The number of hydrogen-bond acceptors (Lipinski definition) is 4. The second-order valence-electron chi connectivity index (χ2n) is 5.06. The summed E-state index contributed by atoms with van der Waals surface area (Å²) in [6.07, 6.45) is 3.84. The van der Waals surface area contributed by atoms with Crippen molar-refractivity contribution in [2.45, 2.75) is 6.04 Å². The number of methoxy groups -OCH3 is 1. The molecule has 0 saturated carbocycles. The zero-order valence-electron chi connectivity index (χ0n) is 13.0. The minimum Gasteiger partial charge on any atom is -0.463 e. The molecule has 0 aromatic heterocycles. The van der Waals surface area contributed by atoms with Gasteiger partial charge in [0.2, 0.25) is 0 Å². The first-order chi connectivity index (χ1) is 11.1. The maximum absolute atomic E-state index is 12.3. The highest BCUT2D eigenvalue weighted by Crippen LogP contribution is 2.20. The summed E-state index contributed by atoms with van der Waals surface area (Å²) in [5.41, 5.74) is 1.56. The lowest BCUT2D eigenvalue weighted by Crippen LogP contribution is -2.55. The lowest BCUT2D eigenvalue weighted by atomic mass is 9.94. The Hall–Kier alpha value is -2.18. The van der Waals surface area contributed by atoms with Crippen LogP contribution >= 0.6 is 12.2 Å². The average Bonchev–Trinajstić information content (AvgIpc) is 2.53. The van der Waals surface area contributed by atoms with Gasteiger partial charge in [-0.25, -0.2) is 0 Å². The minimum absolute atomic E-state index is 0.207. The fraction of sp³-hybridized carbons (Fsp3) is 0.294. The van der Waals surface area contributed by atoms with Crippen LogP contribution in [0.1, 0.15) is 5.56 Å². The highest BCUT2D eigenvalue weighted by molar-refractivity contribution is 7.80. The van der Waals surface area contributed by atoms with Crippen molar-refractivity contribution >= 4 is 29.4 Å². The summed E-state index contributed by atoms with van der Waals surface area (Å²) in [7, 11) is 1.56. The Labute approximate surface area is 141 Å². The minimum atomic E-state index is -0.557. The van der Waals surface area contributed by atoms with E-state index >= 15 is 0 Å². The first-order valence-electron chi connectivity index (χ1n) is 7.27. The van der Waals surface area contributed by atoms with Crippen molar-refractivity contribution in [1.29, 1.82) is 0 Å². The van der Waals surface area contributed by atoms with Crippen LogP contribution in [0.25, 0.3) is 6.08 Å². The van der Waals surface area contributed by atoms with Crippen molar-refractivity contribution in [3.05, 3.63) is 54.2 Å². The molecule has 0 bridgehead atoms. The summed E-state index contributed by atoms with van der Waals surface area (Å²) in [4.78, 5) is 12.3. The third-order valence-electron chi connectivity index (χ3n) is 3.39. The van der Waals surface area contributed by atoms with Gasteiger partial charge >= 0.3 is 5.97 Å². The lowest BCUT2D eigenvalue weighted by Gasteiger charge is -2.32. The molecule has 0 spiro atoms. The van der Waals surface area contributed by atoms with Gasteiger partial charge in [-0.15, -0.1) is 0 Å². The Bertz CT molecular complexity index is 601. The number of benzene rings is 1. The molecule has 1 saturated heterocycles. The number of carbonyl (C=O) groups is 1. The van der Waals surface area contributed by atoms with Gasteiger partial charge in [-0.05, 0) is 17.8 Å². The third kappa shape index (κ3) is 4.91. The number of esters is 1. The van der Waals surface area contributed by atoms with E-state index in [1.54, 1.807) is 7.11 Å². The van der Waals surface area contributed by atoms with Crippen LogP contribution in [0.3, 0.4) is 0 Å². The summed E-state index contributed by atoms with van der Waals surface area (Å²) in [6.45, 7) is 4.46. The molecule has 23 heavy (non-hydrogen) atoms. The molecule has 1 aliphatic heterocycles. The van der Waals surface area contributed by atoms with Gasteiger partial charge in [0.05, 0.1) is 12.6 Å². The van der Waals surface area contributed by atoms with Crippen molar-refractivity contribution in [3.63, 3.8) is 0 Å². The highest BCUT2D eigenvalue weighted by Gasteiger charge is 2.35. The van der Waals surface area contributed by atoms with Gasteiger partial charge in [0.15, 0.2) is 5.11 Å². The van der Waals surface area contributed by atoms with Crippen LogP contribution in [0.4, 0.5) is 0 Å². The van der Waals surface area contributed by atoms with Crippen molar-refractivity contribution in [3.8, 4) is 0 Å². The van der Waals surface area contributed by atoms with Gasteiger partial charge in [0.25, 0.3) is 0 Å². The molecule has 1 heterocycles. The Morgan fingerprint density at radius 2 is 2.09 bits per heavy atom.